The Balaban J connectivity index is 2.34. The third kappa shape index (κ3) is 6.32. The van der Waals surface area contributed by atoms with E-state index in [4.69, 9.17) is 4.74 Å². The summed E-state index contributed by atoms with van der Waals surface area (Å²) in [6.45, 7) is 12.6. The molecule has 0 radical (unpaired) electrons. The fourth-order valence-electron chi connectivity index (χ4n) is 2.79. The number of carbonyl (C=O) groups excluding carboxylic acids is 1. The van der Waals surface area contributed by atoms with Crippen LogP contribution in [0.15, 0.2) is 0 Å². The van der Waals surface area contributed by atoms with Crippen LogP contribution in [0.1, 0.15) is 40.0 Å². The Bertz CT molecular complexity index is 306. The zero-order valence-electron chi connectivity index (χ0n) is 14.3. The lowest BCUT2D eigenvalue weighted by Crippen LogP contribution is -2.52. The van der Waals surface area contributed by atoms with Gasteiger partial charge in [-0.25, -0.2) is 0 Å². The van der Waals surface area contributed by atoms with Crippen molar-refractivity contribution in [3.8, 4) is 0 Å². The van der Waals surface area contributed by atoms with Gasteiger partial charge in [-0.05, 0) is 59.8 Å². The Morgan fingerprint density at radius 3 is 2.52 bits per heavy atom. The molecular formula is C16H33N3O2. The van der Waals surface area contributed by atoms with Crippen LogP contribution in [0.4, 0.5) is 0 Å². The number of nitrogens with one attached hydrogen (secondary N) is 1. The molecule has 1 rings (SSSR count). The van der Waals surface area contributed by atoms with E-state index in [1.54, 1.807) is 0 Å². The molecular weight excluding hydrogens is 266 g/mol. The minimum Gasteiger partial charge on any atom is -0.465 e. The SMILES string of the molecule is CCNC(C)(CCN(C)CCN1CCCC1)C(=O)OCC. The molecule has 1 N–H and O–H groups in total. The van der Waals surface area contributed by atoms with Crippen LogP contribution in [0, 0.1) is 0 Å². The van der Waals surface area contributed by atoms with Gasteiger partial charge >= 0.3 is 5.97 Å². The van der Waals surface area contributed by atoms with E-state index in [1.165, 1.54) is 25.9 Å². The average Bonchev–Trinajstić information content (AvgIpc) is 2.97. The molecule has 0 aromatic rings. The molecule has 1 aliphatic rings. The summed E-state index contributed by atoms with van der Waals surface area (Å²) in [6.07, 6.45) is 3.45. The molecule has 0 saturated carbocycles. The number of ether oxygens (including phenoxy) is 1. The van der Waals surface area contributed by atoms with Crippen molar-refractivity contribution >= 4 is 5.97 Å². The van der Waals surface area contributed by atoms with Crippen molar-refractivity contribution in [1.29, 1.82) is 0 Å². The van der Waals surface area contributed by atoms with Gasteiger partial charge in [0.1, 0.15) is 5.54 Å². The van der Waals surface area contributed by atoms with Crippen LogP contribution in [0.2, 0.25) is 0 Å². The van der Waals surface area contributed by atoms with Crippen molar-refractivity contribution in [1.82, 2.24) is 15.1 Å². The number of likely N-dealkylation sites (tertiary alicyclic amines) is 1. The highest BCUT2D eigenvalue weighted by molar-refractivity contribution is 5.80. The van der Waals surface area contributed by atoms with E-state index in [0.717, 1.165) is 32.6 Å². The highest BCUT2D eigenvalue weighted by Crippen LogP contribution is 2.13. The molecule has 124 valence electrons. The summed E-state index contributed by atoms with van der Waals surface area (Å²) in [6, 6.07) is 0. The summed E-state index contributed by atoms with van der Waals surface area (Å²) >= 11 is 0. The molecule has 0 aromatic carbocycles. The third-order valence-electron chi connectivity index (χ3n) is 4.28. The Morgan fingerprint density at radius 1 is 1.29 bits per heavy atom. The van der Waals surface area contributed by atoms with Gasteiger partial charge in [-0.1, -0.05) is 6.92 Å². The van der Waals surface area contributed by atoms with E-state index in [0.29, 0.717) is 6.61 Å². The van der Waals surface area contributed by atoms with Gasteiger partial charge in [-0.15, -0.1) is 0 Å². The summed E-state index contributed by atoms with van der Waals surface area (Å²) < 4.78 is 5.20. The monoisotopic (exact) mass is 299 g/mol. The summed E-state index contributed by atoms with van der Waals surface area (Å²) in [5, 5.41) is 3.28. The maximum Gasteiger partial charge on any atom is 0.326 e. The summed E-state index contributed by atoms with van der Waals surface area (Å²) in [5.74, 6) is -0.139. The topological polar surface area (TPSA) is 44.8 Å². The molecule has 1 fully saturated rings. The van der Waals surface area contributed by atoms with Crippen LogP contribution in [-0.4, -0.2) is 74.2 Å². The lowest BCUT2D eigenvalue weighted by molar-refractivity contribution is -0.150. The molecule has 1 saturated heterocycles. The highest BCUT2D eigenvalue weighted by atomic mass is 16.5. The minimum atomic E-state index is -0.577. The maximum atomic E-state index is 12.1. The van der Waals surface area contributed by atoms with Crippen LogP contribution < -0.4 is 5.32 Å². The molecule has 0 bridgehead atoms. The largest absolute Gasteiger partial charge is 0.465 e. The lowest BCUT2D eigenvalue weighted by Gasteiger charge is -2.30. The molecule has 21 heavy (non-hydrogen) atoms. The smallest absolute Gasteiger partial charge is 0.326 e. The van der Waals surface area contributed by atoms with Crippen LogP contribution in [0.3, 0.4) is 0 Å². The normalized spacial score (nSPS) is 18.9. The number of nitrogens with zero attached hydrogens (tertiary/aromatic N) is 2. The van der Waals surface area contributed by atoms with Gasteiger partial charge in [0.2, 0.25) is 0 Å². The van der Waals surface area contributed by atoms with Crippen molar-refractivity contribution in [3.05, 3.63) is 0 Å². The maximum absolute atomic E-state index is 12.1. The molecule has 0 spiro atoms. The second kappa shape index (κ2) is 9.38. The van der Waals surface area contributed by atoms with Gasteiger partial charge in [0.05, 0.1) is 6.61 Å². The van der Waals surface area contributed by atoms with Gasteiger partial charge < -0.3 is 19.9 Å². The van der Waals surface area contributed by atoms with Gasteiger partial charge in [-0.2, -0.15) is 0 Å². The fourth-order valence-corrected chi connectivity index (χ4v) is 2.79. The molecule has 0 aliphatic carbocycles. The van der Waals surface area contributed by atoms with Gasteiger partial charge in [0.25, 0.3) is 0 Å². The number of esters is 1. The summed E-state index contributed by atoms with van der Waals surface area (Å²) in [7, 11) is 2.13. The van der Waals surface area contributed by atoms with E-state index >= 15 is 0 Å². The molecule has 5 nitrogen and oxygen atoms in total. The van der Waals surface area contributed by atoms with Crippen molar-refractivity contribution in [2.75, 3.05) is 52.9 Å². The number of carbonyl (C=O) groups is 1. The summed E-state index contributed by atoms with van der Waals surface area (Å²) in [4.78, 5) is 17.0. The number of hydrogen-bond acceptors (Lipinski definition) is 5. The van der Waals surface area contributed by atoms with E-state index in [9.17, 15) is 4.79 Å². The Morgan fingerprint density at radius 2 is 1.95 bits per heavy atom. The van der Waals surface area contributed by atoms with Gasteiger partial charge in [0, 0.05) is 19.6 Å². The zero-order chi connectivity index (χ0) is 15.7. The molecule has 0 aromatic heterocycles. The number of hydrogen-bond donors (Lipinski definition) is 1. The average molecular weight is 299 g/mol. The van der Waals surface area contributed by atoms with Crippen molar-refractivity contribution in [2.45, 2.75) is 45.6 Å². The second-order valence-electron chi connectivity index (χ2n) is 6.18. The van der Waals surface area contributed by atoms with Crippen molar-refractivity contribution in [3.63, 3.8) is 0 Å². The standard InChI is InChI=1S/C16H33N3O2/c1-5-17-16(3,15(20)21-6-2)9-12-18(4)13-14-19-10-7-8-11-19/h17H,5-14H2,1-4H3. The highest BCUT2D eigenvalue weighted by Gasteiger charge is 2.33. The zero-order valence-corrected chi connectivity index (χ0v) is 14.3. The Kier molecular flexibility index (Phi) is 8.22. The molecule has 1 atom stereocenters. The van der Waals surface area contributed by atoms with Crippen LogP contribution in [0.25, 0.3) is 0 Å². The minimum absolute atomic E-state index is 0.139. The predicted molar refractivity (Wildman–Crippen MR) is 86.5 cm³/mol. The van der Waals surface area contributed by atoms with Crippen LogP contribution >= 0.6 is 0 Å². The van der Waals surface area contributed by atoms with Crippen molar-refractivity contribution in [2.24, 2.45) is 0 Å². The molecule has 1 unspecified atom stereocenters. The third-order valence-corrected chi connectivity index (χ3v) is 4.28. The number of rotatable bonds is 10. The first-order chi connectivity index (χ1) is 10.0. The second-order valence-corrected chi connectivity index (χ2v) is 6.18. The quantitative estimate of drug-likeness (QED) is 0.617. The number of likely N-dealkylation sites (N-methyl/N-ethyl adjacent to an activating group) is 2. The first kappa shape index (κ1) is 18.4. The fraction of sp³-hybridized carbons (Fsp3) is 0.938. The van der Waals surface area contributed by atoms with E-state index < -0.39 is 5.54 Å². The van der Waals surface area contributed by atoms with E-state index in [2.05, 4.69) is 22.2 Å². The van der Waals surface area contributed by atoms with Gasteiger partial charge in [-0.3, -0.25) is 4.79 Å². The Hall–Kier alpha value is -0.650. The Labute approximate surface area is 130 Å². The summed E-state index contributed by atoms with van der Waals surface area (Å²) in [5.41, 5.74) is -0.577. The first-order valence-electron chi connectivity index (χ1n) is 8.35. The van der Waals surface area contributed by atoms with E-state index in [1.807, 2.05) is 20.8 Å². The molecule has 1 aliphatic heterocycles. The first-order valence-corrected chi connectivity index (χ1v) is 8.35. The lowest BCUT2D eigenvalue weighted by atomic mass is 9.97. The molecule has 1 heterocycles. The molecule has 5 heteroatoms. The molecule has 0 amide bonds. The van der Waals surface area contributed by atoms with Crippen LogP contribution in [0.5, 0.6) is 0 Å². The van der Waals surface area contributed by atoms with E-state index in [-0.39, 0.29) is 5.97 Å². The van der Waals surface area contributed by atoms with Gasteiger partial charge in [0.15, 0.2) is 0 Å². The predicted octanol–water partition coefficient (Wildman–Crippen LogP) is 1.34. The van der Waals surface area contributed by atoms with Crippen molar-refractivity contribution < 1.29 is 9.53 Å². The van der Waals surface area contributed by atoms with Crippen LogP contribution in [-0.2, 0) is 9.53 Å².